The number of carbonyl (C=O) groups is 4. The first-order valence-corrected chi connectivity index (χ1v) is 9.22. The number of anilines is 1. The second kappa shape index (κ2) is 7.05. The van der Waals surface area contributed by atoms with Crippen molar-refractivity contribution in [2.75, 3.05) is 4.90 Å². The molecule has 2 saturated heterocycles. The zero-order valence-corrected chi connectivity index (χ0v) is 15.2. The van der Waals surface area contributed by atoms with Crippen molar-refractivity contribution in [3.63, 3.8) is 0 Å². The molecule has 0 aliphatic carbocycles. The van der Waals surface area contributed by atoms with Crippen molar-refractivity contribution in [1.82, 2.24) is 4.90 Å². The average Bonchev–Trinajstić information content (AvgIpc) is 3.12. The standard InChI is InChI=1S/C20H13FN2O4S/c21-13-8-6-12(7-9-13)10-16-19(26)23(20(27)28-16)15-11-17(24)22(18(15)25)14-4-2-1-3-5-14/h1-10,15H,11H2/b16-10-/t15-/m1/s1. The molecule has 1 atom stereocenters. The molecule has 28 heavy (non-hydrogen) atoms. The molecule has 2 aliphatic heterocycles. The predicted octanol–water partition coefficient (Wildman–Crippen LogP) is 3.19. The number of hydrogen-bond donors (Lipinski definition) is 0. The van der Waals surface area contributed by atoms with E-state index in [4.69, 9.17) is 0 Å². The minimum absolute atomic E-state index is 0.120. The summed E-state index contributed by atoms with van der Waals surface area (Å²) in [6.45, 7) is 0. The number of imide groups is 2. The summed E-state index contributed by atoms with van der Waals surface area (Å²) in [4.78, 5) is 52.2. The van der Waals surface area contributed by atoms with Crippen LogP contribution in [0.2, 0.25) is 0 Å². The zero-order valence-electron chi connectivity index (χ0n) is 14.4. The van der Waals surface area contributed by atoms with Gasteiger partial charge in [-0.05, 0) is 47.7 Å². The second-order valence-corrected chi connectivity index (χ2v) is 7.22. The Hall–Kier alpha value is -3.26. The quantitative estimate of drug-likeness (QED) is 0.588. The Morgan fingerprint density at radius 1 is 0.964 bits per heavy atom. The van der Waals surface area contributed by atoms with E-state index >= 15 is 0 Å². The molecule has 2 aliphatic rings. The van der Waals surface area contributed by atoms with Gasteiger partial charge in [0.25, 0.3) is 17.1 Å². The van der Waals surface area contributed by atoms with Crippen LogP contribution in [0, 0.1) is 5.82 Å². The van der Waals surface area contributed by atoms with E-state index in [2.05, 4.69) is 0 Å². The van der Waals surface area contributed by atoms with Gasteiger partial charge in [-0.2, -0.15) is 0 Å². The van der Waals surface area contributed by atoms with Crippen LogP contribution in [-0.4, -0.2) is 33.9 Å². The van der Waals surface area contributed by atoms with E-state index in [0.717, 1.165) is 9.80 Å². The Balaban J connectivity index is 1.60. The minimum atomic E-state index is -1.17. The fourth-order valence-electron chi connectivity index (χ4n) is 3.12. The fraction of sp³-hybridized carbons (Fsp3) is 0.100. The molecule has 2 aromatic rings. The van der Waals surface area contributed by atoms with Crippen LogP contribution >= 0.6 is 11.8 Å². The Bertz CT molecular complexity index is 1020. The lowest BCUT2D eigenvalue weighted by molar-refractivity contribution is -0.130. The van der Waals surface area contributed by atoms with E-state index in [1.165, 1.54) is 30.3 Å². The van der Waals surface area contributed by atoms with Crippen LogP contribution in [0.4, 0.5) is 14.9 Å². The molecule has 2 aromatic carbocycles. The first-order chi connectivity index (χ1) is 13.5. The number of halogens is 1. The third-order valence-electron chi connectivity index (χ3n) is 4.44. The molecule has 2 fully saturated rings. The lowest BCUT2D eigenvalue weighted by Gasteiger charge is -2.19. The maximum atomic E-state index is 13.0. The maximum Gasteiger partial charge on any atom is 0.294 e. The number of para-hydroxylation sites is 1. The van der Waals surface area contributed by atoms with Crippen LogP contribution in [0.15, 0.2) is 59.5 Å². The zero-order chi connectivity index (χ0) is 19.8. The number of amides is 4. The highest BCUT2D eigenvalue weighted by Crippen LogP contribution is 2.37. The summed E-state index contributed by atoms with van der Waals surface area (Å²) in [6.07, 6.45) is 1.20. The molecule has 6 nitrogen and oxygen atoms in total. The normalized spacial score (nSPS) is 21.3. The van der Waals surface area contributed by atoms with E-state index in [1.54, 1.807) is 30.3 Å². The molecule has 0 saturated carbocycles. The SMILES string of the molecule is O=C1C[C@@H](N2C(=O)S/C(=C\c3ccc(F)cc3)C2=O)C(=O)N1c1ccccc1. The van der Waals surface area contributed by atoms with Gasteiger partial charge in [-0.15, -0.1) is 0 Å². The van der Waals surface area contributed by atoms with Crippen LogP contribution in [0.3, 0.4) is 0 Å². The van der Waals surface area contributed by atoms with Gasteiger partial charge >= 0.3 is 0 Å². The van der Waals surface area contributed by atoms with E-state index < -0.39 is 34.8 Å². The van der Waals surface area contributed by atoms with E-state index in [-0.39, 0.29) is 11.3 Å². The molecule has 0 aromatic heterocycles. The average molecular weight is 396 g/mol. The summed E-state index contributed by atoms with van der Waals surface area (Å²) in [5, 5.41) is -0.612. The molecule has 140 valence electrons. The summed E-state index contributed by atoms with van der Waals surface area (Å²) in [7, 11) is 0. The topological polar surface area (TPSA) is 74.8 Å². The number of thioether (sulfide) groups is 1. The van der Waals surface area contributed by atoms with Gasteiger partial charge in [0.05, 0.1) is 17.0 Å². The second-order valence-electron chi connectivity index (χ2n) is 6.23. The molecule has 0 radical (unpaired) electrons. The summed E-state index contributed by atoms with van der Waals surface area (Å²) in [5.41, 5.74) is 0.945. The smallest absolute Gasteiger partial charge is 0.274 e. The Labute approximate surface area is 163 Å². The van der Waals surface area contributed by atoms with Gasteiger partial charge in [0.15, 0.2) is 0 Å². The number of rotatable bonds is 3. The monoisotopic (exact) mass is 396 g/mol. The highest BCUT2D eigenvalue weighted by Gasteiger charge is 2.50. The Kier molecular flexibility index (Phi) is 4.56. The minimum Gasteiger partial charge on any atom is -0.274 e. The van der Waals surface area contributed by atoms with Gasteiger partial charge in [-0.25, -0.2) is 9.29 Å². The predicted molar refractivity (Wildman–Crippen MR) is 102 cm³/mol. The molecule has 2 heterocycles. The largest absolute Gasteiger partial charge is 0.294 e. The van der Waals surface area contributed by atoms with Crippen molar-refractivity contribution < 1.29 is 23.6 Å². The van der Waals surface area contributed by atoms with Crippen LogP contribution in [0.5, 0.6) is 0 Å². The number of carbonyl (C=O) groups excluding carboxylic acids is 4. The van der Waals surface area contributed by atoms with Gasteiger partial charge in [-0.1, -0.05) is 30.3 Å². The molecular weight excluding hydrogens is 383 g/mol. The molecule has 8 heteroatoms. The summed E-state index contributed by atoms with van der Waals surface area (Å²) >= 11 is 0.691. The van der Waals surface area contributed by atoms with Crippen LogP contribution in [0.25, 0.3) is 6.08 Å². The summed E-state index contributed by atoms with van der Waals surface area (Å²) in [5.74, 6) is -2.13. The van der Waals surface area contributed by atoms with Gasteiger partial charge in [0, 0.05) is 0 Å². The fourth-order valence-corrected chi connectivity index (χ4v) is 4.00. The number of benzene rings is 2. The van der Waals surface area contributed by atoms with Crippen molar-refractivity contribution in [2.45, 2.75) is 12.5 Å². The highest BCUT2D eigenvalue weighted by atomic mass is 32.2. The summed E-state index contributed by atoms with van der Waals surface area (Å²) in [6, 6.07) is 12.6. The third-order valence-corrected chi connectivity index (χ3v) is 5.32. The van der Waals surface area contributed by atoms with E-state index in [0.29, 0.717) is 23.0 Å². The lowest BCUT2D eigenvalue weighted by atomic mass is 10.2. The van der Waals surface area contributed by atoms with Crippen molar-refractivity contribution in [3.05, 3.63) is 70.9 Å². The van der Waals surface area contributed by atoms with Gasteiger partial charge in [0.2, 0.25) is 5.91 Å². The number of hydrogen-bond acceptors (Lipinski definition) is 5. The Morgan fingerprint density at radius 2 is 1.64 bits per heavy atom. The van der Waals surface area contributed by atoms with Crippen molar-refractivity contribution in [3.8, 4) is 0 Å². The van der Waals surface area contributed by atoms with Crippen LogP contribution in [-0.2, 0) is 14.4 Å². The van der Waals surface area contributed by atoms with Gasteiger partial charge in [0.1, 0.15) is 11.9 Å². The van der Waals surface area contributed by atoms with E-state index in [9.17, 15) is 23.6 Å². The first-order valence-electron chi connectivity index (χ1n) is 8.40. The van der Waals surface area contributed by atoms with Crippen LogP contribution in [0.1, 0.15) is 12.0 Å². The lowest BCUT2D eigenvalue weighted by Crippen LogP contribution is -2.44. The molecule has 0 unspecified atom stereocenters. The van der Waals surface area contributed by atoms with Gasteiger partial charge < -0.3 is 0 Å². The molecule has 0 N–H and O–H groups in total. The van der Waals surface area contributed by atoms with E-state index in [1.807, 2.05) is 0 Å². The van der Waals surface area contributed by atoms with Crippen molar-refractivity contribution >= 4 is 46.5 Å². The number of nitrogens with zero attached hydrogens (tertiary/aromatic N) is 2. The van der Waals surface area contributed by atoms with Crippen molar-refractivity contribution in [2.24, 2.45) is 0 Å². The van der Waals surface area contributed by atoms with Crippen molar-refractivity contribution in [1.29, 1.82) is 0 Å². The van der Waals surface area contributed by atoms with Crippen LogP contribution < -0.4 is 4.90 Å². The molecule has 0 bridgehead atoms. The molecule has 0 spiro atoms. The Morgan fingerprint density at radius 3 is 2.32 bits per heavy atom. The third kappa shape index (κ3) is 3.11. The first kappa shape index (κ1) is 18.1. The maximum absolute atomic E-state index is 13.0. The molecule has 4 rings (SSSR count). The molecular formula is C20H13FN2O4S. The summed E-state index contributed by atoms with van der Waals surface area (Å²) < 4.78 is 13.0. The highest BCUT2D eigenvalue weighted by molar-refractivity contribution is 8.18. The molecule has 4 amide bonds. The van der Waals surface area contributed by atoms with Gasteiger partial charge in [-0.3, -0.25) is 24.1 Å².